The molecule has 4 rings (SSSR count). The van der Waals surface area contributed by atoms with Gasteiger partial charge in [0.05, 0.1) is 18.5 Å². The van der Waals surface area contributed by atoms with Gasteiger partial charge in [-0.3, -0.25) is 14.4 Å². The lowest BCUT2D eigenvalue weighted by atomic mass is 10.00. The summed E-state index contributed by atoms with van der Waals surface area (Å²) < 4.78 is 23.1. The summed E-state index contributed by atoms with van der Waals surface area (Å²) in [6.45, 7) is 6.50. The highest BCUT2D eigenvalue weighted by Crippen LogP contribution is 2.34. The molecular formula is C25H33N5O4S. The third-order valence-corrected chi connectivity index (χ3v) is 5.73. The number of benzene rings is 2. The van der Waals surface area contributed by atoms with Gasteiger partial charge in [0.25, 0.3) is 0 Å². The summed E-state index contributed by atoms with van der Waals surface area (Å²) in [6.07, 6.45) is 3.60. The third-order valence-electron chi connectivity index (χ3n) is 5.04. The first kappa shape index (κ1) is 26.2. The number of nitrogens with one attached hydrogen (secondary N) is 1. The molecule has 0 atom stereocenters. The van der Waals surface area contributed by atoms with Gasteiger partial charge in [0.1, 0.15) is 29.8 Å². The number of nitrogens with zero attached hydrogens (tertiary/aromatic N) is 4. The van der Waals surface area contributed by atoms with Crippen molar-refractivity contribution >= 4 is 21.9 Å². The number of methoxy groups -OCH3 is 1. The number of carbonyl (C=O) groups is 1. The molecular weight excluding hydrogens is 466 g/mol. The van der Waals surface area contributed by atoms with Crippen molar-refractivity contribution in [3.8, 4) is 17.2 Å². The fourth-order valence-electron chi connectivity index (χ4n) is 3.50. The Bertz CT molecular complexity index is 1200. The molecule has 9 nitrogen and oxygen atoms in total. The van der Waals surface area contributed by atoms with E-state index in [2.05, 4.69) is 15.5 Å². The van der Waals surface area contributed by atoms with Crippen molar-refractivity contribution < 1.29 is 18.8 Å². The fourth-order valence-corrected chi connectivity index (χ4v) is 3.93. The van der Waals surface area contributed by atoms with Crippen LogP contribution >= 0.6 is 10.3 Å². The second-order valence-corrected chi connectivity index (χ2v) is 11.6. The lowest BCUT2D eigenvalue weighted by molar-refractivity contribution is -0.118. The van der Waals surface area contributed by atoms with Crippen LogP contribution in [-0.4, -0.2) is 63.0 Å². The smallest absolute Gasteiger partial charge is 0.216 e. The van der Waals surface area contributed by atoms with Gasteiger partial charge in [-0.15, -0.1) is 20.5 Å². The zero-order chi connectivity index (χ0) is 25.6. The summed E-state index contributed by atoms with van der Waals surface area (Å²) in [7, 11) is -0.0550. The second-order valence-electron chi connectivity index (χ2n) is 8.40. The van der Waals surface area contributed by atoms with Crippen LogP contribution < -0.4 is 14.8 Å². The number of aliphatic imine (C=N–C) groups is 1. The standard InChI is InChI=1S/C21H24N4O3S.C4H9NO/c1-14-23-24-20-12-22-21(18-11-17(27-2)9-10-19(18)25(14)20)15-5-7-16(8-6-15)28-13-29(3,4)26;1-3-5-4(2)6/h5-11,26H,12-13H2,1-4H3;3H2,1-2H3,(H,5,6). The maximum Gasteiger partial charge on any atom is 0.216 e. The van der Waals surface area contributed by atoms with Gasteiger partial charge in [0.15, 0.2) is 5.82 Å². The molecule has 0 spiro atoms. The van der Waals surface area contributed by atoms with Crippen molar-refractivity contribution in [3.05, 3.63) is 65.2 Å². The highest BCUT2D eigenvalue weighted by atomic mass is 32.3. The van der Waals surface area contributed by atoms with E-state index < -0.39 is 10.3 Å². The van der Waals surface area contributed by atoms with Crippen LogP contribution in [0.25, 0.3) is 5.69 Å². The maximum atomic E-state index is 9.93. The molecule has 2 N–H and O–H groups in total. The highest BCUT2D eigenvalue weighted by molar-refractivity contribution is 8.27. The van der Waals surface area contributed by atoms with Crippen molar-refractivity contribution in [1.82, 2.24) is 20.1 Å². The third kappa shape index (κ3) is 6.83. The number of aromatic nitrogens is 3. The Morgan fingerprint density at radius 1 is 1.14 bits per heavy atom. The minimum atomic E-state index is -1.71. The number of rotatable bonds is 6. The van der Waals surface area contributed by atoms with E-state index in [4.69, 9.17) is 14.5 Å². The van der Waals surface area contributed by atoms with Crippen LogP contribution in [0.1, 0.15) is 36.6 Å². The van der Waals surface area contributed by atoms with Gasteiger partial charge in [0.2, 0.25) is 5.91 Å². The van der Waals surface area contributed by atoms with Crippen LogP contribution in [0.15, 0.2) is 47.5 Å². The summed E-state index contributed by atoms with van der Waals surface area (Å²) in [5.41, 5.74) is 3.77. The van der Waals surface area contributed by atoms with Crippen molar-refractivity contribution in [1.29, 1.82) is 0 Å². The molecule has 2 heterocycles. The minimum absolute atomic E-state index is 0.0394. The van der Waals surface area contributed by atoms with E-state index >= 15 is 0 Å². The number of ether oxygens (including phenoxy) is 2. The Morgan fingerprint density at radius 2 is 1.83 bits per heavy atom. The largest absolute Gasteiger partial charge is 0.497 e. The van der Waals surface area contributed by atoms with Crippen LogP contribution in [0.4, 0.5) is 0 Å². The van der Waals surface area contributed by atoms with E-state index in [9.17, 15) is 9.35 Å². The molecule has 3 aromatic rings. The molecule has 0 saturated heterocycles. The number of aryl methyl sites for hydroxylation is 1. The second kappa shape index (κ2) is 11.4. The summed E-state index contributed by atoms with van der Waals surface area (Å²) in [6, 6.07) is 13.7. The Labute approximate surface area is 207 Å². The summed E-state index contributed by atoms with van der Waals surface area (Å²) in [4.78, 5) is 14.8. The molecule has 1 aliphatic rings. The van der Waals surface area contributed by atoms with E-state index in [1.54, 1.807) is 19.6 Å². The molecule has 0 unspecified atom stereocenters. The molecule has 2 aromatic carbocycles. The lowest BCUT2D eigenvalue weighted by Crippen LogP contribution is -2.18. The van der Waals surface area contributed by atoms with Gasteiger partial charge in [-0.1, -0.05) is 0 Å². The van der Waals surface area contributed by atoms with Gasteiger partial charge in [-0.2, -0.15) is 0 Å². The predicted octanol–water partition coefficient (Wildman–Crippen LogP) is 3.95. The SMILES string of the molecule is CCNC(C)=O.COc1ccc2c(c1)C(c1ccc(OCS(C)(C)O)cc1)=NCc1nnc(C)n1-2. The average molecular weight is 500 g/mol. The van der Waals surface area contributed by atoms with Gasteiger partial charge < -0.3 is 19.3 Å². The van der Waals surface area contributed by atoms with Gasteiger partial charge in [-0.05, 0) is 68.8 Å². The molecule has 0 bridgehead atoms. The Balaban J connectivity index is 0.000000509. The topological polar surface area (TPSA) is 111 Å². The zero-order valence-electron chi connectivity index (χ0n) is 21.0. The number of hydrogen-bond donors (Lipinski definition) is 2. The summed E-state index contributed by atoms with van der Waals surface area (Å²) >= 11 is 0. The van der Waals surface area contributed by atoms with Crippen molar-refractivity contribution in [2.75, 3.05) is 32.1 Å². The molecule has 188 valence electrons. The molecule has 0 saturated carbocycles. The van der Waals surface area contributed by atoms with Gasteiger partial charge >= 0.3 is 0 Å². The first-order chi connectivity index (χ1) is 16.6. The van der Waals surface area contributed by atoms with Crippen LogP contribution in [0.3, 0.4) is 0 Å². The molecule has 1 aromatic heterocycles. The molecule has 1 aliphatic heterocycles. The number of fused-ring (bicyclic) bond motifs is 3. The molecule has 1 amide bonds. The molecule has 35 heavy (non-hydrogen) atoms. The summed E-state index contributed by atoms with van der Waals surface area (Å²) in [5, 5.41) is 11.1. The fraction of sp³-hybridized carbons (Fsp3) is 0.360. The number of amides is 1. The van der Waals surface area contributed by atoms with Gasteiger partial charge in [-0.25, -0.2) is 0 Å². The normalized spacial score (nSPS) is 12.7. The summed E-state index contributed by atoms with van der Waals surface area (Å²) in [5.74, 6) is 3.45. The highest BCUT2D eigenvalue weighted by Gasteiger charge is 2.22. The van der Waals surface area contributed by atoms with Gasteiger partial charge in [0, 0.05) is 24.6 Å². The maximum absolute atomic E-state index is 9.93. The Hall–Kier alpha value is -3.37. The van der Waals surface area contributed by atoms with E-state index in [0.29, 0.717) is 12.5 Å². The van der Waals surface area contributed by atoms with E-state index in [0.717, 1.165) is 52.2 Å². The van der Waals surface area contributed by atoms with Crippen molar-refractivity contribution in [2.45, 2.75) is 27.3 Å². The molecule has 0 radical (unpaired) electrons. The lowest BCUT2D eigenvalue weighted by Gasteiger charge is -2.23. The van der Waals surface area contributed by atoms with Crippen LogP contribution in [0.5, 0.6) is 11.5 Å². The zero-order valence-corrected chi connectivity index (χ0v) is 21.8. The van der Waals surface area contributed by atoms with Crippen molar-refractivity contribution in [3.63, 3.8) is 0 Å². The predicted molar refractivity (Wildman–Crippen MR) is 140 cm³/mol. The monoisotopic (exact) mass is 499 g/mol. The van der Waals surface area contributed by atoms with Crippen LogP contribution in [0, 0.1) is 6.92 Å². The Kier molecular flexibility index (Phi) is 8.52. The van der Waals surface area contributed by atoms with E-state index in [1.807, 2.05) is 60.9 Å². The quantitative estimate of drug-likeness (QED) is 0.531. The number of carbonyl (C=O) groups excluding carboxylic acids is 1. The van der Waals surface area contributed by atoms with Crippen LogP contribution in [0.2, 0.25) is 0 Å². The average Bonchev–Trinajstić information content (AvgIpc) is 3.09. The van der Waals surface area contributed by atoms with Crippen molar-refractivity contribution in [2.24, 2.45) is 4.99 Å². The number of hydrogen-bond acceptors (Lipinski definition) is 7. The Morgan fingerprint density at radius 3 is 2.40 bits per heavy atom. The van der Waals surface area contributed by atoms with E-state index in [1.165, 1.54) is 6.92 Å². The van der Waals surface area contributed by atoms with Crippen LogP contribution in [-0.2, 0) is 11.3 Å². The minimum Gasteiger partial charge on any atom is -0.497 e. The molecule has 10 heteroatoms. The van der Waals surface area contributed by atoms with E-state index in [-0.39, 0.29) is 5.91 Å². The molecule has 0 aliphatic carbocycles. The molecule has 0 fully saturated rings. The first-order valence-corrected chi connectivity index (χ1v) is 13.8. The first-order valence-electron chi connectivity index (χ1n) is 11.2.